The fraction of sp³-hybridized carbons (Fsp3) is 0.0625. The highest BCUT2D eigenvalue weighted by Gasteiger charge is 2.42. The summed E-state index contributed by atoms with van der Waals surface area (Å²) in [4.78, 5) is 13.8. The molecule has 2 aromatic rings. The van der Waals surface area contributed by atoms with Crippen molar-refractivity contribution < 1.29 is 4.79 Å². The van der Waals surface area contributed by atoms with E-state index in [9.17, 15) is 4.79 Å². The number of hydrogen-bond acceptors (Lipinski definition) is 1. The van der Waals surface area contributed by atoms with E-state index in [4.69, 9.17) is 0 Å². The van der Waals surface area contributed by atoms with Crippen molar-refractivity contribution in [2.24, 2.45) is 0 Å². The topological polar surface area (TPSA) is 20.3 Å². The minimum Gasteiger partial charge on any atom is -0.297 e. The molecule has 19 heavy (non-hydrogen) atoms. The van der Waals surface area contributed by atoms with Crippen molar-refractivity contribution in [3.63, 3.8) is 0 Å². The van der Waals surface area contributed by atoms with Crippen molar-refractivity contribution >= 4 is 27.5 Å². The van der Waals surface area contributed by atoms with Crippen LogP contribution in [0, 0.1) is 0 Å². The van der Waals surface area contributed by atoms with Gasteiger partial charge in [0.05, 0.1) is 6.04 Å². The van der Waals surface area contributed by atoms with Crippen molar-refractivity contribution in [2.75, 3.05) is 4.90 Å². The molecule has 1 saturated heterocycles. The highest BCUT2D eigenvalue weighted by molar-refractivity contribution is 9.10. The molecule has 1 amide bonds. The van der Waals surface area contributed by atoms with E-state index in [2.05, 4.69) is 22.5 Å². The molecule has 0 aliphatic carbocycles. The Morgan fingerprint density at radius 2 is 1.63 bits per heavy atom. The number of amides is 1. The molecule has 0 N–H and O–H groups in total. The van der Waals surface area contributed by atoms with E-state index in [1.165, 1.54) is 0 Å². The summed E-state index contributed by atoms with van der Waals surface area (Å²) in [6.07, 6.45) is 0. The Labute approximate surface area is 120 Å². The van der Waals surface area contributed by atoms with Gasteiger partial charge in [-0.25, -0.2) is 0 Å². The van der Waals surface area contributed by atoms with Gasteiger partial charge in [0.2, 0.25) is 0 Å². The summed E-state index contributed by atoms with van der Waals surface area (Å²) in [5.74, 6) is -0.00354. The van der Waals surface area contributed by atoms with E-state index < -0.39 is 0 Å². The monoisotopic (exact) mass is 313 g/mol. The van der Waals surface area contributed by atoms with Gasteiger partial charge in [0.15, 0.2) is 0 Å². The Morgan fingerprint density at radius 3 is 2.26 bits per heavy atom. The zero-order valence-corrected chi connectivity index (χ0v) is 11.8. The van der Waals surface area contributed by atoms with Crippen molar-refractivity contribution in [2.45, 2.75) is 6.04 Å². The lowest BCUT2D eigenvalue weighted by Crippen LogP contribution is -2.48. The first-order chi connectivity index (χ1) is 9.18. The Balaban J connectivity index is 1.98. The first-order valence-corrected chi connectivity index (χ1v) is 6.80. The minimum atomic E-state index is -0.0464. The van der Waals surface area contributed by atoms with Gasteiger partial charge in [0.25, 0.3) is 5.91 Å². The lowest BCUT2D eigenvalue weighted by molar-refractivity contribution is -0.118. The fourth-order valence-corrected chi connectivity index (χ4v) is 2.60. The van der Waals surface area contributed by atoms with Crippen LogP contribution in [0.5, 0.6) is 0 Å². The fourth-order valence-electron chi connectivity index (χ4n) is 2.33. The normalized spacial score (nSPS) is 18.4. The molecule has 1 fully saturated rings. The van der Waals surface area contributed by atoms with Crippen molar-refractivity contribution in [1.82, 2.24) is 0 Å². The molecule has 94 valence electrons. The van der Waals surface area contributed by atoms with Crippen LogP contribution in [-0.4, -0.2) is 5.91 Å². The molecule has 2 nitrogen and oxygen atoms in total. The zero-order chi connectivity index (χ0) is 13.4. The highest BCUT2D eigenvalue weighted by Crippen LogP contribution is 2.42. The van der Waals surface area contributed by atoms with Crippen LogP contribution in [-0.2, 0) is 4.79 Å². The van der Waals surface area contributed by atoms with Gasteiger partial charge in [-0.05, 0) is 29.8 Å². The summed E-state index contributed by atoms with van der Waals surface area (Å²) in [7, 11) is 0. The van der Waals surface area contributed by atoms with Gasteiger partial charge in [0.1, 0.15) is 0 Å². The van der Waals surface area contributed by atoms with Gasteiger partial charge in [-0.3, -0.25) is 9.69 Å². The standard InChI is InChI=1S/C16H12BrNO/c1-11-15(12-5-3-2-4-6-12)18(16(11)19)14-9-7-13(17)8-10-14/h2-10,15H,1H2. The van der Waals surface area contributed by atoms with Crippen LogP contribution in [0.25, 0.3) is 0 Å². The Morgan fingerprint density at radius 1 is 1.00 bits per heavy atom. The number of anilines is 1. The molecular formula is C16H12BrNO. The molecule has 0 saturated carbocycles. The average Bonchev–Trinajstić information content (AvgIpc) is 2.46. The van der Waals surface area contributed by atoms with Crippen LogP contribution in [0.4, 0.5) is 5.69 Å². The molecular weight excluding hydrogens is 302 g/mol. The quantitative estimate of drug-likeness (QED) is 0.604. The summed E-state index contributed by atoms with van der Waals surface area (Å²) in [5, 5.41) is 0. The maximum Gasteiger partial charge on any atom is 0.256 e. The van der Waals surface area contributed by atoms with Gasteiger partial charge in [-0.1, -0.05) is 52.8 Å². The molecule has 0 spiro atoms. The minimum absolute atomic E-state index is 0.00354. The molecule has 1 aliphatic rings. The summed E-state index contributed by atoms with van der Waals surface area (Å²) in [5.41, 5.74) is 2.64. The second-order valence-corrected chi connectivity index (χ2v) is 5.41. The van der Waals surface area contributed by atoms with E-state index in [0.717, 1.165) is 15.7 Å². The van der Waals surface area contributed by atoms with Crippen LogP contribution >= 0.6 is 15.9 Å². The van der Waals surface area contributed by atoms with Crippen molar-refractivity contribution in [1.29, 1.82) is 0 Å². The third kappa shape index (κ3) is 2.00. The molecule has 2 aromatic carbocycles. The predicted octanol–water partition coefficient (Wildman–Crippen LogP) is 4.09. The van der Waals surface area contributed by atoms with E-state index in [1.807, 2.05) is 54.6 Å². The molecule has 3 heteroatoms. The van der Waals surface area contributed by atoms with Crippen molar-refractivity contribution in [3.8, 4) is 0 Å². The first kappa shape index (κ1) is 12.2. The van der Waals surface area contributed by atoms with Gasteiger partial charge in [-0.2, -0.15) is 0 Å². The number of β-lactam (4-membered cyclic amide) rings is 1. The molecule has 1 atom stereocenters. The van der Waals surface area contributed by atoms with E-state index in [-0.39, 0.29) is 11.9 Å². The molecule has 0 aromatic heterocycles. The summed E-state index contributed by atoms with van der Waals surface area (Å²) < 4.78 is 0.999. The number of carbonyl (C=O) groups is 1. The van der Waals surface area contributed by atoms with Gasteiger partial charge >= 0.3 is 0 Å². The molecule has 0 radical (unpaired) electrons. The SMILES string of the molecule is C=C1C(=O)N(c2ccc(Br)cc2)C1c1ccccc1. The largest absolute Gasteiger partial charge is 0.297 e. The number of nitrogens with zero attached hydrogens (tertiary/aromatic N) is 1. The molecule has 0 bridgehead atoms. The third-order valence-corrected chi connectivity index (χ3v) is 3.83. The summed E-state index contributed by atoms with van der Waals surface area (Å²) in [6.45, 7) is 3.89. The molecule has 1 heterocycles. The highest BCUT2D eigenvalue weighted by atomic mass is 79.9. The van der Waals surface area contributed by atoms with Crippen molar-refractivity contribution in [3.05, 3.63) is 76.8 Å². The first-order valence-electron chi connectivity index (χ1n) is 6.01. The molecule has 1 unspecified atom stereocenters. The molecule has 3 rings (SSSR count). The molecule has 1 aliphatic heterocycles. The van der Waals surface area contributed by atoms with Gasteiger partial charge in [-0.15, -0.1) is 0 Å². The number of benzene rings is 2. The third-order valence-electron chi connectivity index (χ3n) is 3.30. The summed E-state index contributed by atoms with van der Waals surface area (Å²) >= 11 is 3.40. The lowest BCUT2D eigenvalue weighted by atomic mass is 9.88. The Bertz CT molecular complexity index is 634. The smallest absolute Gasteiger partial charge is 0.256 e. The second kappa shape index (κ2) is 4.67. The predicted molar refractivity (Wildman–Crippen MR) is 80.0 cm³/mol. The van der Waals surface area contributed by atoms with E-state index in [0.29, 0.717) is 5.57 Å². The van der Waals surface area contributed by atoms with Crippen LogP contribution in [0.1, 0.15) is 11.6 Å². The van der Waals surface area contributed by atoms with E-state index >= 15 is 0 Å². The zero-order valence-electron chi connectivity index (χ0n) is 10.2. The van der Waals surface area contributed by atoms with Crippen LogP contribution < -0.4 is 4.90 Å². The van der Waals surface area contributed by atoms with Crippen LogP contribution in [0.15, 0.2) is 71.2 Å². The average molecular weight is 314 g/mol. The number of hydrogen-bond donors (Lipinski definition) is 0. The maximum atomic E-state index is 12.0. The van der Waals surface area contributed by atoms with E-state index in [1.54, 1.807) is 4.90 Å². The van der Waals surface area contributed by atoms with Crippen LogP contribution in [0.3, 0.4) is 0 Å². The van der Waals surface area contributed by atoms with Gasteiger partial charge < -0.3 is 0 Å². The number of halogens is 1. The Kier molecular flexibility index (Phi) is 2.99. The van der Waals surface area contributed by atoms with Crippen LogP contribution in [0.2, 0.25) is 0 Å². The second-order valence-electron chi connectivity index (χ2n) is 4.49. The number of rotatable bonds is 2. The Hall–Kier alpha value is -1.87. The van der Waals surface area contributed by atoms with Gasteiger partial charge in [0, 0.05) is 15.7 Å². The lowest BCUT2D eigenvalue weighted by Gasteiger charge is -2.42. The maximum absolute atomic E-state index is 12.0. The summed E-state index contributed by atoms with van der Waals surface area (Å²) in [6, 6.07) is 17.7. The number of carbonyl (C=O) groups excluding carboxylic acids is 1.